The molecule has 1 aromatic heterocycles. The van der Waals surface area contributed by atoms with E-state index in [1.807, 2.05) is 12.1 Å². The Kier molecular flexibility index (Phi) is 3.57. The number of rotatable bonds is 5. The molecule has 2 rings (SSSR count). The van der Waals surface area contributed by atoms with Crippen LogP contribution in [0.2, 0.25) is 0 Å². The molecular formula is C13H18N2O. The van der Waals surface area contributed by atoms with Gasteiger partial charge in [-0.3, -0.25) is 0 Å². The second-order valence-corrected chi connectivity index (χ2v) is 4.18. The summed E-state index contributed by atoms with van der Waals surface area (Å²) in [5.41, 5.74) is 8.51. The van der Waals surface area contributed by atoms with Crippen LogP contribution in [-0.2, 0) is 6.42 Å². The Morgan fingerprint density at radius 3 is 2.94 bits per heavy atom. The van der Waals surface area contributed by atoms with Crippen molar-refractivity contribution in [2.24, 2.45) is 5.73 Å². The van der Waals surface area contributed by atoms with E-state index in [4.69, 9.17) is 10.2 Å². The van der Waals surface area contributed by atoms with Gasteiger partial charge in [-0.2, -0.15) is 0 Å². The summed E-state index contributed by atoms with van der Waals surface area (Å²) in [6, 6.07) is 6.10. The number of fused-ring (bicyclic) bond motifs is 1. The van der Waals surface area contributed by atoms with E-state index in [-0.39, 0.29) is 0 Å². The zero-order chi connectivity index (χ0) is 11.4. The van der Waals surface area contributed by atoms with Gasteiger partial charge in [-0.05, 0) is 44.0 Å². The third-order valence-electron chi connectivity index (χ3n) is 2.68. The van der Waals surface area contributed by atoms with Crippen LogP contribution in [0.15, 0.2) is 22.6 Å². The fourth-order valence-corrected chi connectivity index (χ4v) is 1.78. The van der Waals surface area contributed by atoms with Crippen molar-refractivity contribution < 1.29 is 4.42 Å². The predicted molar refractivity (Wildman–Crippen MR) is 65.4 cm³/mol. The van der Waals surface area contributed by atoms with E-state index in [1.54, 1.807) is 0 Å². The number of oxazole rings is 1. The largest absolute Gasteiger partial charge is 0.441 e. The first kappa shape index (κ1) is 11.1. The number of unbranched alkanes of at least 4 members (excludes halogenated alkanes) is 2. The molecule has 0 bridgehead atoms. The van der Waals surface area contributed by atoms with Crippen molar-refractivity contribution in [2.45, 2.75) is 32.6 Å². The lowest BCUT2D eigenvalue weighted by atomic mass is 10.2. The fraction of sp³-hybridized carbons (Fsp3) is 0.462. The maximum Gasteiger partial charge on any atom is 0.195 e. The predicted octanol–water partition coefficient (Wildman–Crippen LogP) is 2.81. The van der Waals surface area contributed by atoms with Crippen LogP contribution in [-0.4, -0.2) is 11.5 Å². The van der Waals surface area contributed by atoms with Crippen LogP contribution >= 0.6 is 0 Å². The van der Waals surface area contributed by atoms with Gasteiger partial charge in [0.15, 0.2) is 11.5 Å². The smallest absolute Gasteiger partial charge is 0.195 e. The van der Waals surface area contributed by atoms with E-state index >= 15 is 0 Å². The van der Waals surface area contributed by atoms with Gasteiger partial charge in [-0.25, -0.2) is 4.98 Å². The van der Waals surface area contributed by atoms with Crippen molar-refractivity contribution in [3.8, 4) is 0 Å². The van der Waals surface area contributed by atoms with Gasteiger partial charge < -0.3 is 10.2 Å². The minimum atomic E-state index is 0.771. The maximum atomic E-state index is 5.69. The molecule has 0 amide bonds. The minimum Gasteiger partial charge on any atom is -0.441 e. The van der Waals surface area contributed by atoms with Crippen LogP contribution in [0.25, 0.3) is 11.1 Å². The third-order valence-corrected chi connectivity index (χ3v) is 2.68. The van der Waals surface area contributed by atoms with Crippen LogP contribution in [0.4, 0.5) is 0 Å². The van der Waals surface area contributed by atoms with E-state index in [1.165, 1.54) is 5.56 Å². The van der Waals surface area contributed by atoms with Gasteiger partial charge in [-0.15, -0.1) is 0 Å². The van der Waals surface area contributed by atoms with Crippen molar-refractivity contribution in [3.63, 3.8) is 0 Å². The van der Waals surface area contributed by atoms with Crippen molar-refractivity contribution in [3.05, 3.63) is 29.7 Å². The summed E-state index contributed by atoms with van der Waals surface area (Å²) >= 11 is 0. The summed E-state index contributed by atoms with van der Waals surface area (Å²) in [5.74, 6) is 0.845. The highest BCUT2D eigenvalue weighted by Crippen LogP contribution is 2.18. The van der Waals surface area contributed by atoms with Gasteiger partial charge in [0.1, 0.15) is 5.52 Å². The standard InChI is InChI=1S/C13H18N2O/c1-10-6-7-11-12(9-10)16-13(15-11)5-3-2-4-8-14/h6-7,9H,2-5,8,14H2,1H3. The monoisotopic (exact) mass is 218 g/mol. The summed E-state index contributed by atoms with van der Waals surface area (Å²) in [4.78, 5) is 4.45. The highest BCUT2D eigenvalue weighted by Gasteiger charge is 2.04. The topological polar surface area (TPSA) is 52.0 Å². The van der Waals surface area contributed by atoms with E-state index in [9.17, 15) is 0 Å². The van der Waals surface area contributed by atoms with Crippen LogP contribution < -0.4 is 5.73 Å². The number of hydrogen-bond donors (Lipinski definition) is 1. The van der Waals surface area contributed by atoms with Crippen molar-refractivity contribution in [2.75, 3.05) is 6.54 Å². The maximum absolute atomic E-state index is 5.69. The molecule has 0 radical (unpaired) electrons. The fourth-order valence-electron chi connectivity index (χ4n) is 1.78. The van der Waals surface area contributed by atoms with Gasteiger partial charge >= 0.3 is 0 Å². The first-order valence-electron chi connectivity index (χ1n) is 5.86. The first-order valence-corrected chi connectivity index (χ1v) is 5.86. The average molecular weight is 218 g/mol. The normalized spacial score (nSPS) is 11.1. The molecule has 3 heteroatoms. The molecular weight excluding hydrogens is 200 g/mol. The molecule has 2 aromatic rings. The molecule has 0 aliphatic carbocycles. The van der Waals surface area contributed by atoms with Crippen LogP contribution in [0.1, 0.15) is 30.7 Å². The Hall–Kier alpha value is -1.35. The molecule has 0 fully saturated rings. The number of nitrogens with zero attached hydrogens (tertiary/aromatic N) is 1. The first-order chi connectivity index (χ1) is 7.79. The highest BCUT2D eigenvalue weighted by atomic mass is 16.3. The zero-order valence-electron chi connectivity index (χ0n) is 9.70. The van der Waals surface area contributed by atoms with Crippen LogP contribution in [0.5, 0.6) is 0 Å². The average Bonchev–Trinajstić information content (AvgIpc) is 2.66. The molecule has 16 heavy (non-hydrogen) atoms. The van der Waals surface area contributed by atoms with Gasteiger partial charge in [0.25, 0.3) is 0 Å². The molecule has 86 valence electrons. The second kappa shape index (κ2) is 5.12. The lowest BCUT2D eigenvalue weighted by Gasteiger charge is -1.94. The number of aryl methyl sites for hydroxylation is 2. The number of hydrogen-bond acceptors (Lipinski definition) is 3. The molecule has 0 aliphatic rings. The van der Waals surface area contributed by atoms with Gasteiger partial charge in [-0.1, -0.05) is 12.5 Å². The van der Waals surface area contributed by atoms with E-state index in [0.717, 1.165) is 49.2 Å². The molecule has 0 unspecified atom stereocenters. The summed E-state index contributed by atoms with van der Waals surface area (Å²) in [5, 5.41) is 0. The lowest BCUT2D eigenvalue weighted by molar-refractivity contribution is 0.511. The Morgan fingerprint density at radius 1 is 1.25 bits per heavy atom. The van der Waals surface area contributed by atoms with Gasteiger partial charge in [0, 0.05) is 6.42 Å². The molecule has 0 atom stereocenters. The SMILES string of the molecule is Cc1ccc2nc(CCCCCN)oc2c1. The Morgan fingerprint density at radius 2 is 2.12 bits per heavy atom. The van der Waals surface area contributed by atoms with Crippen molar-refractivity contribution in [1.29, 1.82) is 0 Å². The quantitative estimate of drug-likeness (QED) is 0.785. The molecule has 1 aromatic carbocycles. The molecule has 2 N–H and O–H groups in total. The molecule has 0 aliphatic heterocycles. The highest BCUT2D eigenvalue weighted by molar-refractivity contribution is 5.73. The lowest BCUT2D eigenvalue weighted by Crippen LogP contribution is -1.98. The molecule has 3 nitrogen and oxygen atoms in total. The van der Waals surface area contributed by atoms with Gasteiger partial charge in [0.2, 0.25) is 0 Å². The van der Waals surface area contributed by atoms with Crippen molar-refractivity contribution in [1.82, 2.24) is 4.98 Å². The second-order valence-electron chi connectivity index (χ2n) is 4.18. The zero-order valence-corrected chi connectivity index (χ0v) is 9.70. The number of aromatic nitrogens is 1. The summed E-state index contributed by atoms with van der Waals surface area (Å²) in [6.45, 7) is 2.83. The van der Waals surface area contributed by atoms with E-state index in [0.29, 0.717) is 0 Å². The summed E-state index contributed by atoms with van der Waals surface area (Å²) < 4.78 is 5.69. The Balaban J connectivity index is 2.02. The molecule has 0 saturated carbocycles. The molecule has 0 spiro atoms. The number of benzene rings is 1. The van der Waals surface area contributed by atoms with Crippen LogP contribution in [0.3, 0.4) is 0 Å². The summed E-state index contributed by atoms with van der Waals surface area (Å²) in [6.07, 6.45) is 4.24. The van der Waals surface area contributed by atoms with Crippen molar-refractivity contribution >= 4 is 11.1 Å². The van der Waals surface area contributed by atoms with Gasteiger partial charge in [0.05, 0.1) is 0 Å². The molecule has 0 saturated heterocycles. The van der Waals surface area contributed by atoms with E-state index in [2.05, 4.69) is 18.0 Å². The minimum absolute atomic E-state index is 0.771. The summed E-state index contributed by atoms with van der Waals surface area (Å²) in [7, 11) is 0. The Labute approximate surface area is 95.7 Å². The van der Waals surface area contributed by atoms with Crippen LogP contribution in [0, 0.1) is 6.92 Å². The number of nitrogens with two attached hydrogens (primary N) is 1. The third kappa shape index (κ3) is 2.61. The Bertz CT molecular complexity index is 462. The van der Waals surface area contributed by atoms with E-state index < -0.39 is 0 Å². The molecule has 1 heterocycles.